The topological polar surface area (TPSA) is 19.4 Å². The fourth-order valence-corrected chi connectivity index (χ4v) is 2.32. The number of aromatic nitrogens is 1. The molecule has 0 aromatic carbocycles. The van der Waals surface area contributed by atoms with Gasteiger partial charge in [-0.25, -0.2) is 4.98 Å². The van der Waals surface area contributed by atoms with Crippen molar-refractivity contribution in [3.63, 3.8) is 0 Å². The molecule has 1 fully saturated rings. The molecule has 0 radical (unpaired) electrons. The summed E-state index contributed by atoms with van der Waals surface area (Å²) in [6.07, 6.45) is 2.56. The Bertz CT molecular complexity index is 349. The van der Waals surface area contributed by atoms with Crippen LogP contribution in [0.3, 0.4) is 0 Å². The lowest BCUT2D eigenvalue weighted by atomic mass is 9.94. The van der Waals surface area contributed by atoms with E-state index in [0.717, 1.165) is 12.4 Å². The van der Waals surface area contributed by atoms with Crippen LogP contribution in [0.2, 0.25) is 0 Å². The van der Waals surface area contributed by atoms with Gasteiger partial charge >= 0.3 is 0 Å². The van der Waals surface area contributed by atoms with E-state index in [1.165, 1.54) is 25.1 Å². The van der Waals surface area contributed by atoms with Crippen molar-refractivity contribution in [1.29, 1.82) is 0 Å². The highest BCUT2D eigenvalue weighted by Gasteiger charge is 2.20. The minimum atomic E-state index is 0.610. The Kier molecular flexibility index (Phi) is 3.44. The summed E-state index contributed by atoms with van der Waals surface area (Å²) in [6.45, 7) is 2.37. The number of nitrogens with zero attached hydrogens (tertiary/aromatic N) is 3. The summed E-state index contributed by atoms with van der Waals surface area (Å²) in [5.41, 5.74) is 1.25. The number of likely N-dealkylation sites (tertiary alicyclic amines) is 1. The van der Waals surface area contributed by atoms with E-state index in [1.54, 1.807) is 0 Å². The summed E-state index contributed by atoms with van der Waals surface area (Å²) in [4.78, 5) is 9.20. The minimum absolute atomic E-state index is 0.610. The van der Waals surface area contributed by atoms with Crippen LogP contribution in [0.4, 0.5) is 5.82 Å². The van der Waals surface area contributed by atoms with Crippen LogP contribution >= 0.6 is 0 Å². The molecule has 1 aliphatic heterocycles. The molecule has 3 nitrogen and oxygen atoms in total. The molecular weight excluding hydrogens is 198 g/mol. The first-order valence-electron chi connectivity index (χ1n) is 5.99. The molecule has 16 heavy (non-hydrogen) atoms. The van der Waals surface area contributed by atoms with Crippen LogP contribution in [0.15, 0.2) is 18.2 Å². The third-order valence-corrected chi connectivity index (χ3v) is 3.26. The Morgan fingerprint density at radius 2 is 2.19 bits per heavy atom. The maximum Gasteiger partial charge on any atom is 0.128 e. The molecular formula is C13H21N3. The molecule has 1 aliphatic rings. The molecule has 0 aliphatic carbocycles. The Morgan fingerprint density at radius 3 is 2.88 bits per heavy atom. The summed E-state index contributed by atoms with van der Waals surface area (Å²) in [6, 6.07) is 6.35. The zero-order valence-electron chi connectivity index (χ0n) is 10.5. The van der Waals surface area contributed by atoms with Gasteiger partial charge < -0.3 is 9.80 Å². The van der Waals surface area contributed by atoms with E-state index < -0.39 is 0 Å². The SMILES string of the molecule is CN1CCCC(c2cccc(N(C)C)n2)C1. The first-order valence-corrected chi connectivity index (χ1v) is 5.99. The van der Waals surface area contributed by atoms with Gasteiger partial charge in [-0.2, -0.15) is 0 Å². The van der Waals surface area contributed by atoms with Crippen LogP contribution in [0.1, 0.15) is 24.5 Å². The van der Waals surface area contributed by atoms with Gasteiger partial charge in [0, 0.05) is 32.3 Å². The molecule has 0 spiro atoms. The molecule has 1 aromatic rings. The van der Waals surface area contributed by atoms with Gasteiger partial charge in [0.25, 0.3) is 0 Å². The molecule has 0 saturated carbocycles. The highest BCUT2D eigenvalue weighted by Crippen LogP contribution is 2.25. The fourth-order valence-electron chi connectivity index (χ4n) is 2.32. The van der Waals surface area contributed by atoms with Crippen molar-refractivity contribution in [1.82, 2.24) is 9.88 Å². The van der Waals surface area contributed by atoms with E-state index in [0.29, 0.717) is 5.92 Å². The number of likely N-dealkylation sites (N-methyl/N-ethyl adjacent to an activating group) is 1. The zero-order chi connectivity index (χ0) is 11.5. The molecule has 0 N–H and O–H groups in total. The number of hydrogen-bond donors (Lipinski definition) is 0. The quantitative estimate of drug-likeness (QED) is 0.758. The average molecular weight is 219 g/mol. The minimum Gasteiger partial charge on any atom is -0.363 e. The molecule has 1 saturated heterocycles. The van der Waals surface area contributed by atoms with E-state index in [4.69, 9.17) is 4.98 Å². The van der Waals surface area contributed by atoms with Gasteiger partial charge in [-0.15, -0.1) is 0 Å². The lowest BCUT2D eigenvalue weighted by Gasteiger charge is -2.29. The van der Waals surface area contributed by atoms with Crippen LogP contribution in [0.25, 0.3) is 0 Å². The van der Waals surface area contributed by atoms with E-state index in [2.05, 4.69) is 35.0 Å². The Labute approximate surface area is 98.1 Å². The van der Waals surface area contributed by atoms with Gasteiger partial charge in [-0.1, -0.05) is 6.07 Å². The Hall–Kier alpha value is -1.09. The summed E-state index contributed by atoms with van der Waals surface area (Å²) < 4.78 is 0. The first kappa shape index (κ1) is 11.4. The molecule has 3 heteroatoms. The normalized spacial score (nSPS) is 22.1. The molecule has 0 bridgehead atoms. The van der Waals surface area contributed by atoms with Crippen molar-refractivity contribution in [2.45, 2.75) is 18.8 Å². The zero-order valence-corrected chi connectivity index (χ0v) is 10.5. The molecule has 1 aromatic heterocycles. The van der Waals surface area contributed by atoms with Gasteiger partial charge in [0.2, 0.25) is 0 Å². The Balaban J connectivity index is 2.16. The summed E-state index contributed by atoms with van der Waals surface area (Å²) >= 11 is 0. The maximum absolute atomic E-state index is 4.73. The van der Waals surface area contributed by atoms with Crippen LogP contribution in [-0.2, 0) is 0 Å². The van der Waals surface area contributed by atoms with E-state index in [9.17, 15) is 0 Å². The molecule has 88 valence electrons. The lowest BCUT2D eigenvalue weighted by molar-refractivity contribution is 0.248. The van der Waals surface area contributed by atoms with Crippen molar-refractivity contribution in [3.05, 3.63) is 23.9 Å². The molecule has 1 atom stereocenters. The predicted molar refractivity (Wildman–Crippen MR) is 68.0 cm³/mol. The average Bonchev–Trinajstić information content (AvgIpc) is 2.29. The van der Waals surface area contributed by atoms with Crippen molar-refractivity contribution < 1.29 is 0 Å². The van der Waals surface area contributed by atoms with Gasteiger partial charge in [-0.05, 0) is 38.6 Å². The van der Waals surface area contributed by atoms with Gasteiger partial charge in [-0.3, -0.25) is 0 Å². The van der Waals surface area contributed by atoms with Crippen LogP contribution < -0.4 is 4.90 Å². The third-order valence-electron chi connectivity index (χ3n) is 3.26. The molecule has 2 heterocycles. The van der Waals surface area contributed by atoms with Gasteiger partial charge in [0.1, 0.15) is 5.82 Å². The van der Waals surface area contributed by atoms with Crippen LogP contribution in [0, 0.1) is 0 Å². The maximum atomic E-state index is 4.73. The van der Waals surface area contributed by atoms with Crippen LogP contribution in [-0.4, -0.2) is 44.1 Å². The smallest absolute Gasteiger partial charge is 0.128 e. The standard InChI is InChI=1S/C13H21N3/c1-15(2)13-8-4-7-12(14-13)11-6-5-9-16(3)10-11/h4,7-8,11H,5-6,9-10H2,1-3H3. The lowest BCUT2D eigenvalue weighted by Crippen LogP contribution is -2.31. The Morgan fingerprint density at radius 1 is 1.38 bits per heavy atom. The van der Waals surface area contributed by atoms with Gasteiger partial charge in [0.05, 0.1) is 0 Å². The summed E-state index contributed by atoms with van der Waals surface area (Å²) in [5.74, 6) is 1.67. The summed E-state index contributed by atoms with van der Waals surface area (Å²) in [7, 11) is 6.28. The highest BCUT2D eigenvalue weighted by molar-refractivity contribution is 5.37. The first-order chi connectivity index (χ1) is 7.66. The monoisotopic (exact) mass is 219 g/mol. The highest BCUT2D eigenvalue weighted by atomic mass is 15.1. The van der Waals surface area contributed by atoms with E-state index in [1.807, 2.05) is 14.1 Å². The van der Waals surface area contributed by atoms with Crippen molar-refractivity contribution in [2.75, 3.05) is 39.1 Å². The molecule has 2 rings (SSSR count). The fraction of sp³-hybridized carbons (Fsp3) is 0.615. The number of rotatable bonds is 2. The second kappa shape index (κ2) is 4.83. The van der Waals surface area contributed by atoms with Crippen molar-refractivity contribution >= 4 is 5.82 Å². The number of pyridine rings is 1. The molecule has 0 amide bonds. The van der Waals surface area contributed by atoms with Gasteiger partial charge in [0.15, 0.2) is 0 Å². The number of anilines is 1. The number of hydrogen-bond acceptors (Lipinski definition) is 3. The predicted octanol–water partition coefficient (Wildman–Crippen LogP) is 1.96. The summed E-state index contributed by atoms with van der Waals surface area (Å²) in [5, 5.41) is 0. The largest absolute Gasteiger partial charge is 0.363 e. The second-order valence-corrected chi connectivity index (χ2v) is 4.92. The van der Waals surface area contributed by atoms with E-state index in [-0.39, 0.29) is 0 Å². The molecule has 1 unspecified atom stereocenters. The van der Waals surface area contributed by atoms with Crippen molar-refractivity contribution in [3.8, 4) is 0 Å². The second-order valence-electron chi connectivity index (χ2n) is 4.92. The van der Waals surface area contributed by atoms with Crippen molar-refractivity contribution in [2.24, 2.45) is 0 Å². The number of piperidine rings is 1. The third kappa shape index (κ3) is 2.53. The van der Waals surface area contributed by atoms with E-state index >= 15 is 0 Å². The van der Waals surface area contributed by atoms with Crippen LogP contribution in [0.5, 0.6) is 0 Å².